The van der Waals surface area contributed by atoms with Gasteiger partial charge in [0.05, 0.1) is 8.80 Å². The van der Waals surface area contributed by atoms with Crippen molar-refractivity contribution in [1.82, 2.24) is 5.32 Å². The molecule has 0 amide bonds. The van der Waals surface area contributed by atoms with Gasteiger partial charge < -0.3 is 5.32 Å². The summed E-state index contributed by atoms with van der Waals surface area (Å²) in [6.07, 6.45) is 1.33. The maximum Gasteiger partial charge on any atom is 0.0619 e. The van der Waals surface area contributed by atoms with E-state index in [4.69, 9.17) is 0 Å². The van der Waals surface area contributed by atoms with Gasteiger partial charge in [-0.05, 0) is 19.1 Å². The maximum atomic E-state index is 3.89. The first-order chi connectivity index (χ1) is 5.35. The SMILES string of the molecule is C=C[SiH](CCC)CCNCC. The zero-order chi connectivity index (χ0) is 8.53. The van der Waals surface area contributed by atoms with E-state index in [1.807, 2.05) is 0 Å². The zero-order valence-corrected chi connectivity index (χ0v) is 9.05. The Balaban J connectivity index is 3.28. The number of hydrogen-bond donors (Lipinski definition) is 1. The van der Waals surface area contributed by atoms with Crippen molar-refractivity contribution in [3.05, 3.63) is 12.3 Å². The Morgan fingerprint density at radius 2 is 2.09 bits per heavy atom. The van der Waals surface area contributed by atoms with Gasteiger partial charge in [0.2, 0.25) is 0 Å². The number of rotatable bonds is 7. The Bertz CT molecular complexity index is 93.6. The van der Waals surface area contributed by atoms with Crippen LogP contribution in [0.5, 0.6) is 0 Å². The summed E-state index contributed by atoms with van der Waals surface area (Å²) in [5, 5.41) is 3.36. The first-order valence-electron chi connectivity index (χ1n) is 4.68. The summed E-state index contributed by atoms with van der Waals surface area (Å²) in [7, 11) is -0.543. The van der Waals surface area contributed by atoms with E-state index < -0.39 is 8.80 Å². The molecule has 0 spiro atoms. The predicted octanol–water partition coefficient (Wildman–Crippen LogP) is 1.96. The summed E-state index contributed by atoms with van der Waals surface area (Å²) in [4.78, 5) is 0. The highest BCUT2D eigenvalue weighted by Gasteiger charge is 2.02. The molecule has 1 atom stereocenters. The van der Waals surface area contributed by atoms with Crippen LogP contribution < -0.4 is 5.32 Å². The van der Waals surface area contributed by atoms with Crippen molar-refractivity contribution in [1.29, 1.82) is 0 Å². The second-order valence-electron chi connectivity index (χ2n) is 2.93. The Hall–Kier alpha value is -0.0831. The van der Waals surface area contributed by atoms with Crippen LogP contribution in [-0.2, 0) is 0 Å². The van der Waals surface area contributed by atoms with Crippen molar-refractivity contribution in [2.45, 2.75) is 32.4 Å². The summed E-state index contributed by atoms with van der Waals surface area (Å²) < 4.78 is 0. The van der Waals surface area contributed by atoms with Gasteiger partial charge >= 0.3 is 0 Å². The summed E-state index contributed by atoms with van der Waals surface area (Å²) in [6.45, 7) is 10.6. The molecule has 2 heteroatoms. The van der Waals surface area contributed by atoms with E-state index in [0.29, 0.717) is 0 Å². The lowest BCUT2D eigenvalue weighted by atomic mass is 10.6. The van der Waals surface area contributed by atoms with Crippen molar-refractivity contribution in [3.63, 3.8) is 0 Å². The van der Waals surface area contributed by atoms with Gasteiger partial charge in [0.1, 0.15) is 0 Å². The summed E-state index contributed by atoms with van der Waals surface area (Å²) in [5.74, 6) is 0. The molecule has 0 saturated carbocycles. The Kier molecular flexibility index (Phi) is 7.96. The van der Waals surface area contributed by atoms with Crippen LogP contribution in [0.1, 0.15) is 20.3 Å². The zero-order valence-electron chi connectivity index (χ0n) is 7.90. The first-order valence-corrected chi connectivity index (χ1v) is 6.98. The van der Waals surface area contributed by atoms with Crippen LogP contribution in [0, 0.1) is 0 Å². The molecule has 0 bridgehead atoms. The van der Waals surface area contributed by atoms with Crippen LogP contribution in [-0.4, -0.2) is 21.9 Å². The molecule has 0 heterocycles. The molecule has 0 aromatic rings. The molecule has 0 aromatic heterocycles. The molecule has 1 unspecified atom stereocenters. The van der Waals surface area contributed by atoms with Gasteiger partial charge in [-0.25, -0.2) is 0 Å². The largest absolute Gasteiger partial charge is 0.317 e. The fourth-order valence-corrected chi connectivity index (χ4v) is 3.29. The quantitative estimate of drug-likeness (QED) is 0.456. The Morgan fingerprint density at radius 1 is 1.36 bits per heavy atom. The highest BCUT2D eigenvalue weighted by atomic mass is 28.3. The van der Waals surface area contributed by atoms with Crippen LogP contribution in [0.2, 0.25) is 12.1 Å². The van der Waals surface area contributed by atoms with Gasteiger partial charge in [0.15, 0.2) is 0 Å². The second-order valence-corrected chi connectivity index (χ2v) is 6.07. The topological polar surface area (TPSA) is 12.0 Å². The van der Waals surface area contributed by atoms with Gasteiger partial charge in [0.25, 0.3) is 0 Å². The van der Waals surface area contributed by atoms with Crippen LogP contribution in [0.15, 0.2) is 12.3 Å². The standard InChI is InChI=1S/C9H21NSi/c1-4-8-11(6-3)9-7-10-5-2/h6,10-11H,3-5,7-9H2,1-2H3. The summed E-state index contributed by atoms with van der Waals surface area (Å²) in [6, 6.07) is 2.81. The molecule has 11 heavy (non-hydrogen) atoms. The Morgan fingerprint density at radius 3 is 2.55 bits per heavy atom. The summed E-state index contributed by atoms with van der Waals surface area (Å²) >= 11 is 0. The van der Waals surface area contributed by atoms with Crippen molar-refractivity contribution in [3.8, 4) is 0 Å². The smallest absolute Gasteiger partial charge is 0.0619 e. The molecule has 0 fully saturated rings. The van der Waals surface area contributed by atoms with Crippen molar-refractivity contribution >= 4 is 8.80 Å². The third kappa shape index (κ3) is 6.32. The lowest BCUT2D eigenvalue weighted by molar-refractivity contribution is 0.756. The molecular formula is C9H21NSi. The normalized spacial score (nSPS) is 12.9. The maximum absolute atomic E-state index is 3.89. The minimum atomic E-state index is -0.543. The van der Waals surface area contributed by atoms with E-state index in [1.165, 1.54) is 25.1 Å². The first kappa shape index (κ1) is 10.9. The van der Waals surface area contributed by atoms with E-state index in [1.54, 1.807) is 0 Å². The van der Waals surface area contributed by atoms with Crippen LogP contribution >= 0.6 is 0 Å². The molecule has 0 aliphatic heterocycles. The second kappa shape index (κ2) is 8.02. The monoisotopic (exact) mass is 171 g/mol. The lowest BCUT2D eigenvalue weighted by Gasteiger charge is -2.08. The molecule has 0 aliphatic rings. The van der Waals surface area contributed by atoms with Gasteiger partial charge in [-0.15, -0.1) is 12.3 Å². The summed E-state index contributed by atoms with van der Waals surface area (Å²) in [5.41, 5.74) is 2.22. The molecule has 0 rings (SSSR count). The molecule has 66 valence electrons. The van der Waals surface area contributed by atoms with E-state index in [9.17, 15) is 0 Å². The van der Waals surface area contributed by atoms with Crippen LogP contribution in [0.4, 0.5) is 0 Å². The third-order valence-electron chi connectivity index (χ3n) is 1.93. The predicted molar refractivity (Wildman–Crippen MR) is 55.8 cm³/mol. The van der Waals surface area contributed by atoms with E-state index in [0.717, 1.165) is 6.54 Å². The minimum Gasteiger partial charge on any atom is -0.317 e. The number of hydrogen-bond acceptors (Lipinski definition) is 1. The van der Waals surface area contributed by atoms with Crippen LogP contribution in [0.25, 0.3) is 0 Å². The van der Waals surface area contributed by atoms with E-state index in [2.05, 4.69) is 31.4 Å². The molecule has 1 N–H and O–H groups in total. The molecule has 0 radical (unpaired) electrons. The van der Waals surface area contributed by atoms with Gasteiger partial charge in [0, 0.05) is 0 Å². The average Bonchev–Trinajstić information content (AvgIpc) is 2.03. The fourth-order valence-electron chi connectivity index (χ4n) is 1.22. The Labute approximate surface area is 72.5 Å². The fraction of sp³-hybridized carbons (Fsp3) is 0.778. The van der Waals surface area contributed by atoms with Gasteiger partial charge in [-0.3, -0.25) is 0 Å². The van der Waals surface area contributed by atoms with Crippen molar-refractivity contribution in [2.75, 3.05) is 13.1 Å². The molecule has 0 aliphatic carbocycles. The minimum absolute atomic E-state index is 0.543. The third-order valence-corrected chi connectivity index (χ3v) is 4.95. The average molecular weight is 171 g/mol. The van der Waals surface area contributed by atoms with Crippen LogP contribution in [0.3, 0.4) is 0 Å². The van der Waals surface area contributed by atoms with Crippen molar-refractivity contribution < 1.29 is 0 Å². The highest BCUT2D eigenvalue weighted by molar-refractivity contribution is 6.64. The highest BCUT2D eigenvalue weighted by Crippen LogP contribution is 2.02. The van der Waals surface area contributed by atoms with Gasteiger partial charge in [-0.2, -0.15) is 0 Å². The van der Waals surface area contributed by atoms with E-state index >= 15 is 0 Å². The van der Waals surface area contributed by atoms with Crippen molar-refractivity contribution in [2.24, 2.45) is 0 Å². The molecular weight excluding hydrogens is 150 g/mol. The lowest BCUT2D eigenvalue weighted by Crippen LogP contribution is -2.20. The number of nitrogens with one attached hydrogen (secondary N) is 1. The molecule has 1 nitrogen and oxygen atoms in total. The molecule has 0 saturated heterocycles. The van der Waals surface area contributed by atoms with E-state index in [-0.39, 0.29) is 0 Å². The van der Waals surface area contributed by atoms with Gasteiger partial charge in [-0.1, -0.05) is 26.3 Å². The molecule has 0 aromatic carbocycles.